The molecule has 0 saturated carbocycles. The molecule has 1 N–H and O–H groups in total. The van der Waals surface area contributed by atoms with Crippen molar-refractivity contribution in [3.63, 3.8) is 0 Å². The molecule has 0 aromatic heterocycles. The Bertz CT molecular complexity index is 267. The van der Waals surface area contributed by atoms with Gasteiger partial charge in [0.1, 0.15) is 0 Å². The number of hydrogen-bond donors (Lipinski definition) is 1. The maximum atomic E-state index is 11.2. The Hall–Kier alpha value is -0.350. The second-order valence-electron chi connectivity index (χ2n) is 3.00. The van der Waals surface area contributed by atoms with Crippen LogP contribution in [-0.4, -0.2) is 33.0 Å². The van der Waals surface area contributed by atoms with Gasteiger partial charge in [-0.2, -0.15) is 0 Å². The molecule has 0 unspecified atom stereocenters. The SMILES string of the molecule is CCS(=O)(=O)CC1=CCCNC1. The highest BCUT2D eigenvalue weighted by Gasteiger charge is 2.12. The summed E-state index contributed by atoms with van der Waals surface area (Å²) < 4.78 is 22.4. The lowest BCUT2D eigenvalue weighted by molar-refractivity contribution is 0.597. The van der Waals surface area contributed by atoms with Crippen molar-refractivity contribution in [1.29, 1.82) is 0 Å². The van der Waals surface area contributed by atoms with E-state index in [0.29, 0.717) is 0 Å². The van der Waals surface area contributed by atoms with E-state index in [1.165, 1.54) is 0 Å². The Kier molecular flexibility index (Phi) is 3.29. The Balaban J connectivity index is 2.56. The Morgan fingerprint density at radius 1 is 1.58 bits per heavy atom. The van der Waals surface area contributed by atoms with Gasteiger partial charge in [0.15, 0.2) is 9.84 Å². The number of nitrogens with one attached hydrogen (secondary N) is 1. The van der Waals surface area contributed by atoms with Crippen molar-refractivity contribution in [2.75, 3.05) is 24.6 Å². The zero-order chi connectivity index (χ0) is 9.03. The smallest absolute Gasteiger partial charge is 0.153 e. The third-order valence-electron chi connectivity index (χ3n) is 1.95. The van der Waals surface area contributed by atoms with Crippen molar-refractivity contribution in [3.05, 3.63) is 11.6 Å². The summed E-state index contributed by atoms with van der Waals surface area (Å²) in [6, 6.07) is 0. The fourth-order valence-corrected chi connectivity index (χ4v) is 2.18. The van der Waals surface area contributed by atoms with E-state index in [1.54, 1.807) is 6.92 Å². The van der Waals surface area contributed by atoms with Crippen LogP contribution >= 0.6 is 0 Å². The van der Waals surface area contributed by atoms with E-state index in [1.807, 2.05) is 6.08 Å². The van der Waals surface area contributed by atoms with Gasteiger partial charge in [0.2, 0.25) is 0 Å². The standard InChI is InChI=1S/C8H15NO2S/c1-2-12(10,11)7-8-4-3-5-9-6-8/h4,9H,2-3,5-7H2,1H3. The molecule has 1 aliphatic heterocycles. The van der Waals surface area contributed by atoms with Crippen LogP contribution in [0, 0.1) is 0 Å². The predicted octanol–water partition coefficient (Wildman–Crippen LogP) is 0.341. The molecule has 0 amide bonds. The largest absolute Gasteiger partial charge is 0.313 e. The van der Waals surface area contributed by atoms with E-state index >= 15 is 0 Å². The molecule has 1 heterocycles. The lowest BCUT2D eigenvalue weighted by Crippen LogP contribution is -2.26. The number of sulfone groups is 1. The average Bonchev–Trinajstić information content (AvgIpc) is 2.06. The van der Waals surface area contributed by atoms with Crippen LogP contribution in [0.4, 0.5) is 0 Å². The molecule has 0 atom stereocenters. The first-order valence-corrected chi connectivity index (χ1v) is 6.05. The fraction of sp³-hybridized carbons (Fsp3) is 0.750. The van der Waals surface area contributed by atoms with Gasteiger partial charge in [0, 0.05) is 12.3 Å². The average molecular weight is 189 g/mol. The van der Waals surface area contributed by atoms with Crippen molar-refractivity contribution in [3.8, 4) is 0 Å². The summed E-state index contributed by atoms with van der Waals surface area (Å²) >= 11 is 0. The topological polar surface area (TPSA) is 46.2 Å². The van der Waals surface area contributed by atoms with Gasteiger partial charge in [-0.15, -0.1) is 0 Å². The third kappa shape index (κ3) is 2.95. The van der Waals surface area contributed by atoms with Crippen LogP contribution in [-0.2, 0) is 9.84 Å². The summed E-state index contributed by atoms with van der Waals surface area (Å²) in [5.74, 6) is 0.473. The highest BCUT2D eigenvalue weighted by molar-refractivity contribution is 7.91. The zero-order valence-electron chi connectivity index (χ0n) is 7.34. The van der Waals surface area contributed by atoms with Crippen LogP contribution < -0.4 is 5.32 Å². The molecule has 0 radical (unpaired) electrons. The molecule has 70 valence electrons. The van der Waals surface area contributed by atoms with Crippen LogP contribution in [0.15, 0.2) is 11.6 Å². The quantitative estimate of drug-likeness (QED) is 0.651. The third-order valence-corrected chi connectivity index (χ3v) is 3.64. The predicted molar refractivity (Wildman–Crippen MR) is 49.9 cm³/mol. The number of rotatable bonds is 3. The second-order valence-corrected chi connectivity index (χ2v) is 5.36. The molecule has 0 aromatic rings. The molecule has 4 heteroatoms. The summed E-state index contributed by atoms with van der Waals surface area (Å²) in [7, 11) is -2.83. The fourth-order valence-electron chi connectivity index (χ4n) is 1.19. The number of hydrogen-bond acceptors (Lipinski definition) is 3. The summed E-state index contributed by atoms with van der Waals surface area (Å²) in [6.07, 6.45) is 2.98. The maximum Gasteiger partial charge on any atom is 0.153 e. The van der Waals surface area contributed by atoms with Gasteiger partial charge in [-0.05, 0) is 18.5 Å². The lowest BCUT2D eigenvalue weighted by Gasteiger charge is -2.13. The van der Waals surface area contributed by atoms with Gasteiger partial charge in [0.25, 0.3) is 0 Å². The summed E-state index contributed by atoms with van der Waals surface area (Å²) in [5.41, 5.74) is 1.02. The molecule has 1 aliphatic rings. The molecular weight excluding hydrogens is 174 g/mol. The van der Waals surface area contributed by atoms with E-state index in [9.17, 15) is 8.42 Å². The van der Waals surface area contributed by atoms with Crippen LogP contribution in [0.3, 0.4) is 0 Å². The van der Waals surface area contributed by atoms with Gasteiger partial charge in [-0.1, -0.05) is 13.0 Å². The Labute approximate surface area is 73.8 Å². The van der Waals surface area contributed by atoms with Crippen LogP contribution in [0.5, 0.6) is 0 Å². The summed E-state index contributed by atoms with van der Waals surface area (Å²) in [5, 5.41) is 3.15. The van der Waals surface area contributed by atoms with Crippen molar-refractivity contribution in [2.45, 2.75) is 13.3 Å². The second kappa shape index (κ2) is 4.05. The molecule has 3 nitrogen and oxygen atoms in total. The van der Waals surface area contributed by atoms with Crippen LogP contribution in [0.1, 0.15) is 13.3 Å². The molecule has 0 bridgehead atoms. The van der Waals surface area contributed by atoms with E-state index < -0.39 is 9.84 Å². The molecule has 0 aromatic carbocycles. The lowest BCUT2D eigenvalue weighted by atomic mass is 10.2. The molecule has 0 spiro atoms. The van der Waals surface area contributed by atoms with E-state index in [2.05, 4.69) is 5.32 Å². The highest BCUT2D eigenvalue weighted by atomic mass is 32.2. The first-order chi connectivity index (χ1) is 5.64. The summed E-state index contributed by atoms with van der Waals surface area (Å²) in [4.78, 5) is 0. The maximum absolute atomic E-state index is 11.2. The van der Waals surface area contributed by atoms with Crippen molar-refractivity contribution in [1.82, 2.24) is 5.32 Å². The van der Waals surface area contributed by atoms with Gasteiger partial charge in [-0.25, -0.2) is 8.42 Å². The summed E-state index contributed by atoms with van der Waals surface area (Å²) in [6.45, 7) is 3.39. The normalized spacial score (nSPS) is 18.9. The van der Waals surface area contributed by atoms with Gasteiger partial charge >= 0.3 is 0 Å². The molecule has 1 rings (SSSR count). The first-order valence-electron chi connectivity index (χ1n) is 4.23. The first kappa shape index (κ1) is 9.74. The van der Waals surface area contributed by atoms with Crippen LogP contribution in [0.25, 0.3) is 0 Å². The van der Waals surface area contributed by atoms with Gasteiger partial charge in [0.05, 0.1) is 5.75 Å². The zero-order valence-corrected chi connectivity index (χ0v) is 8.15. The Morgan fingerprint density at radius 2 is 2.33 bits per heavy atom. The van der Waals surface area contributed by atoms with Gasteiger partial charge in [-0.3, -0.25) is 0 Å². The molecule has 12 heavy (non-hydrogen) atoms. The van der Waals surface area contributed by atoms with Crippen LogP contribution in [0.2, 0.25) is 0 Å². The molecule has 0 fully saturated rings. The Morgan fingerprint density at radius 3 is 2.83 bits per heavy atom. The molecule has 0 saturated heterocycles. The van der Waals surface area contributed by atoms with Crippen molar-refractivity contribution in [2.24, 2.45) is 0 Å². The van der Waals surface area contributed by atoms with Crippen molar-refractivity contribution >= 4 is 9.84 Å². The van der Waals surface area contributed by atoms with Gasteiger partial charge < -0.3 is 5.32 Å². The highest BCUT2D eigenvalue weighted by Crippen LogP contribution is 2.05. The molecular formula is C8H15NO2S. The van der Waals surface area contributed by atoms with E-state index in [4.69, 9.17) is 0 Å². The minimum Gasteiger partial charge on any atom is -0.313 e. The molecule has 0 aliphatic carbocycles. The minimum atomic E-state index is -2.83. The van der Waals surface area contributed by atoms with Crippen molar-refractivity contribution < 1.29 is 8.42 Å². The monoisotopic (exact) mass is 189 g/mol. The van der Waals surface area contributed by atoms with E-state index in [0.717, 1.165) is 25.1 Å². The van der Waals surface area contributed by atoms with E-state index in [-0.39, 0.29) is 11.5 Å². The minimum absolute atomic E-state index is 0.233.